The zero-order valence-electron chi connectivity index (χ0n) is 58.4. The molecule has 96 heavy (non-hydrogen) atoms. The summed E-state index contributed by atoms with van der Waals surface area (Å²) in [7, 11) is 3.32. The van der Waals surface area contributed by atoms with Crippen LogP contribution in [0.15, 0.2) is 128 Å². The van der Waals surface area contributed by atoms with Gasteiger partial charge in [-0.05, 0) is 194 Å². The second kappa shape index (κ2) is 37.6. The Morgan fingerprint density at radius 1 is 0.469 bits per heavy atom. The van der Waals surface area contributed by atoms with E-state index in [1.54, 1.807) is 26.4 Å². The van der Waals surface area contributed by atoms with Crippen molar-refractivity contribution in [2.75, 3.05) is 79.7 Å². The quantitative estimate of drug-likeness (QED) is 0.0375. The lowest BCUT2D eigenvalue weighted by Crippen LogP contribution is -2.38. The highest BCUT2D eigenvalue weighted by Gasteiger charge is 2.25. The number of unbranched alkanes of at least 4 members (excludes halogenated alkanes) is 2. The highest BCUT2D eigenvalue weighted by atomic mass is 35.5. The molecule has 3 aromatic heterocycles. The molecular weight excluding hydrogens is 1230 g/mol. The van der Waals surface area contributed by atoms with Crippen molar-refractivity contribution in [3.63, 3.8) is 0 Å². The lowest BCUT2D eigenvalue weighted by Gasteiger charge is -2.32. The third kappa shape index (κ3) is 21.2. The predicted molar refractivity (Wildman–Crippen MR) is 388 cm³/mol. The van der Waals surface area contributed by atoms with Crippen molar-refractivity contribution in [3.05, 3.63) is 155 Å². The smallest absolute Gasteiger partial charge is 0.165 e. The Bertz CT molecular complexity index is 3510. The van der Waals surface area contributed by atoms with E-state index in [0.717, 1.165) is 247 Å². The lowest BCUT2D eigenvalue weighted by molar-refractivity contribution is 0.00758. The topological polar surface area (TPSA) is 122 Å². The van der Waals surface area contributed by atoms with Crippen molar-refractivity contribution in [1.82, 2.24) is 28.4 Å². The van der Waals surface area contributed by atoms with Crippen molar-refractivity contribution in [3.8, 4) is 23.0 Å². The summed E-state index contributed by atoms with van der Waals surface area (Å²) in [4.78, 5) is 45.9. The number of hydrogen-bond acceptors (Lipinski definition) is 11. The van der Waals surface area contributed by atoms with Crippen LogP contribution in [0.5, 0.6) is 23.0 Å². The number of piperidine rings is 3. The molecule has 16 heteroatoms. The van der Waals surface area contributed by atoms with Crippen molar-refractivity contribution in [2.24, 2.45) is 5.92 Å². The van der Waals surface area contributed by atoms with Crippen molar-refractivity contribution >= 4 is 61.7 Å². The van der Waals surface area contributed by atoms with Gasteiger partial charge in [0.2, 0.25) is 0 Å². The van der Waals surface area contributed by atoms with Gasteiger partial charge < -0.3 is 52.1 Å². The number of hydrogen-bond donors (Lipinski definition) is 0. The number of nitrogens with zero attached hydrogens (tertiary/aromatic N) is 6. The maximum Gasteiger partial charge on any atom is 0.165 e. The number of carbonyl (C=O) groups excluding carboxylic acids is 3. The second-order valence-corrected chi connectivity index (χ2v) is 27.2. The number of aromatic nitrogens is 3. The number of para-hydroxylation sites is 1. The average Bonchev–Trinajstić information content (AvgIpc) is 1.66. The molecular formula is C80H106ClFN6O8. The SMILES string of the molecule is CCCCC(=O)c1cn(CCCN2CCC(Oc3ccc(Cl)cc3)CC2)c2ccc(OC)cc12.CCCCC(=O)c1cn(CCCN2CCC(Oc3ccc(F)cc3)CC2)c2ccc(OC)cc12.CCCOC1CCN(CCCn2cc(C(=O)CC(C)C)c3ccccc32)CC1. The second-order valence-electron chi connectivity index (χ2n) is 26.8. The monoisotopic (exact) mass is 1330 g/mol. The fourth-order valence-corrected chi connectivity index (χ4v) is 13.7. The average molecular weight is 1330 g/mol. The molecule has 8 aromatic rings. The van der Waals surface area contributed by atoms with E-state index in [1.165, 1.54) is 17.6 Å². The van der Waals surface area contributed by atoms with Crippen LogP contribution in [-0.2, 0) is 24.4 Å². The van der Waals surface area contributed by atoms with E-state index in [4.69, 9.17) is 35.3 Å². The Hall–Kier alpha value is -7.01. The third-order valence-corrected chi connectivity index (χ3v) is 19.2. The summed E-state index contributed by atoms with van der Waals surface area (Å²) in [5.74, 6) is 4.04. The van der Waals surface area contributed by atoms with Crippen LogP contribution in [0.3, 0.4) is 0 Å². The highest BCUT2D eigenvalue weighted by molar-refractivity contribution is 6.30. The van der Waals surface area contributed by atoms with Gasteiger partial charge >= 0.3 is 0 Å². The summed E-state index contributed by atoms with van der Waals surface area (Å²) < 4.78 is 48.7. The number of ether oxygens (including phenoxy) is 5. The molecule has 11 rings (SSSR count). The summed E-state index contributed by atoms with van der Waals surface area (Å²) in [6, 6.07) is 34.3. The molecule has 6 heterocycles. The Morgan fingerprint density at radius 2 is 0.865 bits per heavy atom. The largest absolute Gasteiger partial charge is 0.497 e. The Morgan fingerprint density at radius 3 is 1.28 bits per heavy atom. The molecule has 14 nitrogen and oxygen atoms in total. The Balaban J connectivity index is 0.000000170. The molecule has 0 amide bonds. The molecule has 3 aliphatic rings. The number of benzene rings is 5. The molecule has 3 fully saturated rings. The fourth-order valence-electron chi connectivity index (χ4n) is 13.6. The minimum absolute atomic E-state index is 0.182. The first-order chi connectivity index (χ1) is 46.7. The van der Waals surface area contributed by atoms with Gasteiger partial charge in [0.05, 0.1) is 20.3 Å². The van der Waals surface area contributed by atoms with E-state index >= 15 is 0 Å². The number of aryl methyl sites for hydroxylation is 3. The molecule has 0 N–H and O–H groups in total. The number of methoxy groups -OCH3 is 2. The van der Waals surface area contributed by atoms with Crippen molar-refractivity contribution in [1.29, 1.82) is 0 Å². The van der Waals surface area contributed by atoms with Crippen LogP contribution in [0, 0.1) is 11.7 Å². The van der Waals surface area contributed by atoms with Crippen LogP contribution >= 0.6 is 11.6 Å². The van der Waals surface area contributed by atoms with Gasteiger partial charge in [0, 0.05) is 158 Å². The standard InChI is InChI=1S/C28H35ClN2O3.C28H35FN2O3.C24H36N2O2/c2*1-3-4-6-28(32)26-20-31(27-12-11-24(33-2)19-25(26)27)16-5-15-30-17-13-23(14-18-30)34-22-9-7-21(29)8-10-22;1-4-16-28-20-10-14-25(15-11-20)12-7-13-26-18-22(24(27)17-19(2)3)21-8-5-6-9-23(21)26/h2*7-12,19-20,23H,3-6,13-18H2,1-2H3;5-6,8-9,18-20H,4,7,10-17H2,1-3H3. The van der Waals surface area contributed by atoms with E-state index in [0.29, 0.717) is 31.3 Å². The third-order valence-electron chi connectivity index (χ3n) is 19.0. The maximum absolute atomic E-state index is 13.1. The molecule has 0 saturated carbocycles. The summed E-state index contributed by atoms with van der Waals surface area (Å²) in [5.41, 5.74) is 5.89. The van der Waals surface area contributed by atoms with Gasteiger partial charge in [-0.1, -0.05) is 77.3 Å². The maximum atomic E-state index is 13.1. The van der Waals surface area contributed by atoms with Gasteiger partial charge in [-0.2, -0.15) is 0 Å². The highest BCUT2D eigenvalue weighted by Crippen LogP contribution is 2.32. The van der Waals surface area contributed by atoms with Gasteiger partial charge in [0.1, 0.15) is 41.0 Å². The van der Waals surface area contributed by atoms with Crippen LogP contribution in [0.25, 0.3) is 32.7 Å². The van der Waals surface area contributed by atoms with Gasteiger partial charge in [0.25, 0.3) is 0 Å². The van der Waals surface area contributed by atoms with E-state index in [1.807, 2.05) is 67.0 Å². The van der Waals surface area contributed by atoms with Gasteiger partial charge in [-0.25, -0.2) is 4.39 Å². The number of halogens is 2. The number of carbonyl (C=O) groups is 3. The van der Waals surface area contributed by atoms with E-state index < -0.39 is 0 Å². The Labute approximate surface area is 575 Å². The van der Waals surface area contributed by atoms with Crippen molar-refractivity contribution < 1.29 is 42.5 Å². The zero-order chi connectivity index (χ0) is 67.8. The molecule has 3 saturated heterocycles. The number of Topliss-reactive ketones (excluding diaryl/α,β-unsaturated/α-hetero) is 3. The summed E-state index contributed by atoms with van der Waals surface area (Å²) in [5, 5.41) is 3.82. The molecule has 0 bridgehead atoms. The molecule has 0 unspecified atom stereocenters. The van der Waals surface area contributed by atoms with Gasteiger partial charge in [0.15, 0.2) is 17.3 Å². The zero-order valence-corrected chi connectivity index (χ0v) is 59.1. The molecule has 0 spiro atoms. The minimum atomic E-state index is -0.241. The van der Waals surface area contributed by atoms with Gasteiger partial charge in [-0.3, -0.25) is 14.4 Å². The summed E-state index contributed by atoms with van der Waals surface area (Å²) in [6.45, 7) is 23.7. The normalized spacial score (nSPS) is 15.4. The molecule has 0 aliphatic carbocycles. The number of rotatable bonds is 32. The van der Waals surface area contributed by atoms with Crippen LogP contribution in [0.4, 0.5) is 4.39 Å². The number of likely N-dealkylation sites (tertiary alicyclic amines) is 3. The first-order valence-electron chi connectivity index (χ1n) is 35.9. The van der Waals surface area contributed by atoms with Crippen LogP contribution in [-0.4, -0.2) is 144 Å². The number of ketones is 3. The van der Waals surface area contributed by atoms with Crippen LogP contribution in [0.2, 0.25) is 5.02 Å². The first kappa shape index (κ1) is 73.2. The predicted octanol–water partition coefficient (Wildman–Crippen LogP) is 17.9. The van der Waals surface area contributed by atoms with Gasteiger partial charge in [-0.15, -0.1) is 0 Å². The van der Waals surface area contributed by atoms with E-state index in [2.05, 4.69) is 99.5 Å². The minimum Gasteiger partial charge on any atom is -0.497 e. The molecule has 0 radical (unpaired) electrons. The van der Waals surface area contributed by atoms with E-state index in [9.17, 15) is 18.8 Å². The number of fused-ring (bicyclic) bond motifs is 3. The summed E-state index contributed by atoms with van der Waals surface area (Å²) in [6.07, 6.45) is 23.3. The first-order valence-corrected chi connectivity index (χ1v) is 36.2. The van der Waals surface area contributed by atoms with Crippen LogP contribution < -0.4 is 18.9 Å². The summed E-state index contributed by atoms with van der Waals surface area (Å²) >= 11 is 5.96. The molecule has 3 aliphatic heterocycles. The lowest BCUT2D eigenvalue weighted by atomic mass is 10.0. The molecule has 0 atom stereocenters. The fraction of sp³-hybridized carbons (Fsp3) is 0.512. The molecule has 5 aromatic carbocycles. The van der Waals surface area contributed by atoms with Crippen molar-refractivity contribution in [2.45, 2.75) is 182 Å². The Kier molecular flexibility index (Phi) is 28.7. The van der Waals surface area contributed by atoms with Crippen LogP contribution in [0.1, 0.15) is 175 Å². The van der Waals surface area contributed by atoms with E-state index in [-0.39, 0.29) is 35.4 Å². The molecule has 518 valence electrons.